The molecule has 104 valence electrons. The monoisotopic (exact) mass is 300 g/mol. The molecule has 0 aliphatic heterocycles. The maximum atomic E-state index is 13.6. The van der Waals surface area contributed by atoms with Gasteiger partial charge in [-0.15, -0.1) is 11.3 Å². The van der Waals surface area contributed by atoms with Gasteiger partial charge in [0.1, 0.15) is 17.7 Å². The van der Waals surface area contributed by atoms with Gasteiger partial charge in [0.2, 0.25) is 0 Å². The summed E-state index contributed by atoms with van der Waals surface area (Å²) in [5, 5.41) is 22.2. The number of hydrogen-bond acceptors (Lipinski definition) is 6. The lowest BCUT2D eigenvalue weighted by atomic mass is 10.1. The Balaban J connectivity index is 2.21. The number of nitrogens with one attached hydrogen (secondary N) is 1. The average molecular weight is 300 g/mol. The van der Waals surface area contributed by atoms with Crippen molar-refractivity contribution in [3.63, 3.8) is 0 Å². The molecule has 1 aromatic heterocycles. The van der Waals surface area contributed by atoms with Gasteiger partial charge in [0.25, 0.3) is 0 Å². The molecule has 0 atom stereocenters. The summed E-state index contributed by atoms with van der Waals surface area (Å²) in [7, 11) is 1.40. The van der Waals surface area contributed by atoms with Crippen LogP contribution in [0.2, 0.25) is 0 Å². The van der Waals surface area contributed by atoms with Crippen molar-refractivity contribution in [3.05, 3.63) is 41.2 Å². The number of halogens is 1. The van der Waals surface area contributed by atoms with Gasteiger partial charge in [-0.3, -0.25) is 0 Å². The first-order valence-corrected chi connectivity index (χ1v) is 6.62. The summed E-state index contributed by atoms with van der Waals surface area (Å²) in [5.74, 6) is -0.295. The van der Waals surface area contributed by atoms with Crippen LogP contribution in [0, 0.1) is 28.5 Å². The SMILES string of the molecule is COc1ccc(-c2csc(NC=C(C#N)C#N)n2)cc1F. The Bertz CT molecular complexity index is 754. The van der Waals surface area contributed by atoms with Crippen LogP contribution in [-0.4, -0.2) is 12.1 Å². The summed E-state index contributed by atoms with van der Waals surface area (Å²) in [6.45, 7) is 0. The number of hydrogen-bond donors (Lipinski definition) is 1. The van der Waals surface area contributed by atoms with Crippen molar-refractivity contribution in [1.82, 2.24) is 4.98 Å². The number of thiazole rings is 1. The standard InChI is InChI=1S/C14H9FN4OS/c1-20-13-3-2-10(4-11(13)15)12-8-21-14(19-12)18-7-9(5-16)6-17/h2-4,7-8H,1H3,(H,18,19). The number of methoxy groups -OCH3 is 1. The summed E-state index contributed by atoms with van der Waals surface area (Å²) >= 11 is 1.28. The molecule has 1 heterocycles. The fourth-order valence-corrected chi connectivity index (χ4v) is 2.21. The predicted octanol–water partition coefficient (Wildman–Crippen LogP) is 3.30. The first-order chi connectivity index (χ1) is 10.2. The third-order valence-corrected chi connectivity index (χ3v) is 3.31. The van der Waals surface area contributed by atoms with Crippen LogP contribution in [-0.2, 0) is 0 Å². The summed E-state index contributed by atoms with van der Waals surface area (Å²) < 4.78 is 18.5. The third kappa shape index (κ3) is 3.35. The third-order valence-electron chi connectivity index (χ3n) is 2.53. The van der Waals surface area contributed by atoms with E-state index < -0.39 is 5.82 Å². The summed E-state index contributed by atoms with van der Waals surface area (Å²) in [4.78, 5) is 4.25. The molecule has 0 radical (unpaired) electrons. The Labute approximate surface area is 124 Å². The highest BCUT2D eigenvalue weighted by Gasteiger charge is 2.08. The van der Waals surface area contributed by atoms with Crippen molar-refractivity contribution in [2.75, 3.05) is 12.4 Å². The van der Waals surface area contributed by atoms with Crippen molar-refractivity contribution in [2.24, 2.45) is 0 Å². The highest BCUT2D eigenvalue weighted by Crippen LogP contribution is 2.28. The normalized spacial score (nSPS) is 9.33. The van der Waals surface area contributed by atoms with E-state index in [1.807, 2.05) is 0 Å². The van der Waals surface area contributed by atoms with E-state index in [1.165, 1.54) is 36.8 Å². The van der Waals surface area contributed by atoms with Crippen LogP contribution < -0.4 is 10.1 Å². The zero-order chi connectivity index (χ0) is 15.2. The molecule has 1 N–H and O–H groups in total. The Morgan fingerprint density at radius 3 is 2.81 bits per heavy atom. The molecule has 2 rings (SSSR count). The van der Waals surface area contributed by atoms with Crippen LogP contribution in [0.5, 0.6) is 5.75 Å². The largest absolute Gasteiger partial charge is 0.494 e. The van der Waals surface area contributed by atoms with Gasteiger partial charge >= 0.3 is 0 Å². The van der Waals surface area contributed by atoms with E-state index in [1.54, 1.807) is 23.6 Å². The van der Waals surface area contributed by atoms with E-state index >= 15 is 0 Å². The van der Waals surface area contributed by atoms with E-state index in [9.17, 15) is 4.39 Å². The van der Waals surface area contributed by atoms with Crippen molar-refractivity contribution in [2.45, 2.75) is 0 Å². The fraction of sp³-hybridized carbons (Fsp3) is 0.0714. The zero-order valence-corrected chi connectivity index (χ0v) is 11.7. The molecule has 0 spiro atoms. The highest BCUT2D eigenvalue weighted by atomic mass is 32.1. The van der Waals surface area contributed by atoms with Gasteiger partial charge in [0.05, 0.1) is 12.8 Å². The Morgan fingerprint density at radius 1 is 1.43 bits per heavy atom. The first-order valence-electron chi connectivity index (χ1n) is 5.74. The van der Waals surface area contributed by atoms with Gasteiger partial charge < -0.3 is 10.1 Å². The second-order valence-corrected chi connectivity index (χ2v) is 4.67. The fourth-order valence-electron chi connectivity index (χ4n) is 1.52. The minimum atomic E-state index is -0.464. The minimum absolute atomic E-state index is 0.0535. The van der Waals surface area contributed by atoms with E-state index in [4.69, 9.17) is 15.3 Å². The molecule has 0 saturated carbocycles. The average Bonchev–Trinajstić information content (AvgIpc) is 2.97. The van der Waals surface area contributed by atoms with Gasteiger partial charge in [0.15, 0.2) is 16.7 Å². The molecule has 5 nitrogen and oxygen atoms in total. The molecule has 0 fully saturated rings. The lowest BCUT2D eigenvalue weighted by Crippen LogP contribution is -1.90. The Morgan fingerprint density at radius 2 is 2.19 bits per heavy atom. The van der Waals surface area contributed by atoms with Crippen molar-refractivity contribution < 1.29 is 9.13 Å². The van der Waals surface area contributed by atoms with Crippen LogP contribution in [0.4, 0.5) is 9.52 Å². The summed E-state index contributed by atoms with van der Waals surface area (Å²) in [5.41, 5.74) is 1.15. The van der Waals surface area contributed by atoms with Crippen molar-refractivity contribution >= 4 is 16.5 Å². The number of rotatable bonds is 4. The maximum absolute atomic E-state index is 13.6. The summed E-state index contributed by atoms with van der Waals surface area (Å²) in [6.07, 6.45) is 1.28. The van der Waals surface area contributed by atoms with E-state index in [0.717, 1.165) is 0 Å². The van der Waals surface area contributed by atoms with Crippen LogP contribution in [0.15, 0.2) is 35.4 Å². The van der Waals surface area contributed by atoms with E-state index in [2.05, 4.69) is 10.3 Å². The van der Waals surface area contributed by atoms with Gasteiger partial charge in [-0.1, -0.05) is 0 Å². The lowest BCUT2D eigenvalue weighted by Gasteiger charge is -2.02. The molecule has 0 bridgehead atoms. The second-order valence-electron chi connectivity index (χ2n) is 3.81. The number of benzene rings is 1. The quantitative estimate of drug-likeness (QED) is 0.876. The number of anilines is 1. The number of nitrogens with zero attached hydrogens (tertiary/aromatic N) is 3. The Kier molecular flexibility index (Phi) is 4.50. The molecule has 0 unspecified atom stereocenters. The molecular weight excluding hydrogens is 291 g/mol. The van der Waals surface area contributed by atoms with Crippen LogP contribution in [0.25, 0.3) is 11.3 Å². The van der Waals surface area contributed by atoms with E-state index in [-0.39, 0.29) is 11.3 Å². The molecule has 7 heteroatoms. The van der Waals surface area contributed by atoms with Gasteiger partial charge in [0, 0.05) is 17.1 Å². The number of nitriles is 2. The van der Waals surface area contributed by atoms with Crippen molar-refractivity contribution in [1.29, 1.82) is 10.5 Å². The smallest absolute Gasteiger partial charge is 0.187 e. The molecular formula is C14H9FN4OS. The molecule has 0 aliphatic rings. The predicted molar refractivity (Wildman–Crippen MR) is 77.0 cm³/mol. The summed E-state index contributed by atoms with van der Waals surface area (Å²) in [6, 6.07) is 8.03. The van der Waals surface area contributed by atoms with Gasteiger partial charge in [-0.25, -0.2) is 9.37 Å². The first kappa shape index (κ1) is 14.5. The molecule has 0 amide bonds. The second kappa shape index (κ2) is 6.51. The number of allylic oxidation sites excluding steroid dienone is 1. The zero-order valence-electron chi connectivity index (χ0n) is 10.9. The van der Waals surface area contributed by atoms with Crippen LogP contribution >= 0.6 is 11.3 Å². The highest BCUT2D eigenvalue weighted by molar-refractivity contribution is 7.14. The molecule has 2 aromatic rings. The van der Waals surface area contributed by atoms with Crippen LogP contribution in [0.1, 0.15) is 0 Å². The maximum Gasteiger partial charge on any atom is 0.187 e. The number of ether oxygens (including phenoxy) is 1. The van der Waals surface area contributed by atoms with Crippen molar-refractivity contribution in [3.8, 4) is 29.1 Å². The molecule has 21 heavy (non-hydrogen) atoms. The minimum Gasteiger partial charge on any atom is -0.494 e. The van der Waals surface area contributed by atoms with Gasteiger partial charge in [-0.05, 0) is 18.2 Å². The topological polar surface area (TPSA) is 81.7 Å². The Hall–Kier alpha value is -2.90. The van der Waals surface area contributed by atoms with Gasteiger partial charge in [-0.2, -0.15) is 10.5 Å². The molecule has 0 aliphatic carbocycles. The number of aromatic nitrogens is 1. The molecule has 1 aromatic carbocycles. The lowest BCUT2D eigenvalue weighted by molar-refractivity contribution is 0.386. The van der Waals surface area contributed by atoms with E-state index in [0.29, 0.717) is 16.4 Å². The molecule has 0 saturated heterocycles. The van der Waals surface area contributed by atoms with Crippen LogP contribution in [0.3, 0.4) is 0 Å².